The summed E-state index contributed by atoms with van der Waals surface area (Å²) in [6.45, 7) is 6.17. The van der Waals surface area contributed by atoms with Crippen LogP contribution < -0.4 is 4.74 Å². The zero-order valence-electron chi connectivity index (χ0n) is 11.0. The van der Waals surface area contributed by atoms with Gasteiger partial charge in [0.25, 0.3) is 0 Å². The lowest BCUT2D eigenvalue weighted by Gasteiger charge is -2.25. The van der Waals surface area contributed by atoms with Gasteiger partial charge in [0, 0.05) is 0 Å². The molecule has 0 spiro atoms. The Labute approximate surface area is 112 Å². The molecule has 0 radical (unpaired) electrons. The van der Waals surface area contributed by atoms with Gasteiger partial charge in [-0.2, -0.15) is 0 Å². The normalized spacial score (nSPS) is 13.5. The van der Waals surface area contributed by atoms with Crippen LogP contribution in [0.1, 0.15) is 32.8 Å². The Kier molecular flexibility index (Phi) is 5.02. The van der Waals surface area contributed by atoms with Crippen molar-refractivity contribution in [1.29, 1.82) is 0 Å². The van der Waals surface area contributed by atoms with Crippen molar-refractivity contribution in [2.24, 2.45) is 5.41 Å². The van der Waals surface area contributed by atoms with Gasteiger partial charge in [0.2, 0.25) is 0 Å². The first-order valence-electron chi connectivity index (χ1n) is 5.85. The Morgan fingerprint density at radius 3 is 2.47 bits per heavy atom. The van der Waals surface area contributed by atoms with E-state index in [1.165, 1.54) is 5.56 Å². The number of aliphatic hydroxyl groups excluding tert-OH is 1. The van der Waals surface area contributed by atoms with E-state index in [0.717, 1.165) is 23.1 Å². The lowest BCUT2D eigenvalue weighted by molar-refractivity contribution is 0.0560. The summed E-state index contributed by atoms with van der Waals surface area (Å²) in [6.07, 6.45) is 1.38. The zero-order valence-corrected chi connectivity index (χ0v) is 12.5. The van der Waals surface area contributed by atoms with E-state index in [1.54, 1.807) is 7.11 Å². The van der Waals surface area contributed by atoms with Crippen LogP contribution in [0.3, 0.4) is 0 Å². The molecule has 0 aliphatic rings. The molecule has 1 aromatic rings. The van der Waals surface area contributed by atoms with Crippen molar-refractivity contribution in [2.45, 2.75) is 39.7 Å². The number of ether oxygens (including phenoxy) is 1. The number of hydrogen-bond acceptors (Lipinski definition) is 2. The molecule has 1 rings (SSSR count). The zero-order chi connectivity index (χ0) is 13.1. The number of aryl methyl sites for hydroxylation is 1. The van der Waals surface area contributed by atoms with E-state index in [-0.39, 0.29) is 11.5 Å². The summed E-state index contributed by atoms with van der Waals surface area (Å²) in [5.74, 6) is 0.838. The third kappa shape index (κ3) is 4.32. The molecule has 1 aromatic carbocycles. The molecule has 2 nitrogen and oxygen atoms in total. The van der Waals surface area contributed by atoms with Gasteiger partial charge < -0.3 is 9.84 Å². The Balaban J connectivity index is 2.61. The lowest BCUT2D eigenvalue weighted by Crippen LogP contribution is -2.26. The maximum atomic E-state index is 9.98. The van der Waals surface area contributed by atoms with Gasteiger partial charge in [0.15, 0.2) is 0 Å². The molecule has 1 atom stereocenters. The van der Waals surface area contributed by atoms with Crippen LogP contribution in [0, 0.1) is 5.41 Å². The van der Waals surface area contributed by atoms with Crippen LogP contribution in [0.25, 0.3) is 0 Å². The Bertz CT molecular complexity index is 369. The second kappa shape index (κ2) is 5.87. The van der Waals surface area contributed by atoms with Gasteiger partial charge >= 0.3 is 0 Å². The average Bonchev–Trinajstić information content (AvgIpc) is 2.24. The van der Waals surface area contributed by atoms with Gasteiger partial charge in [-0.15, -0.1) is 0 Å². The maximum absolute atomic E-state index is 9.98. The Morgan fingerprint density at radius 1 is 1.35 bits per heavy atom. The smallest absolute Gasteiger partial charge is 0.133 e. The van der Waals surface area contributed by atoms with E-state index >= 15 is 0 Å². The molecule has 0 aliphatic carbocycles. The fourth-order valence-electron chi connectivity index (χ4n) is 1.60. The lowest BCUT2D eigenvalue weighted by atomic mass is 9.86. The van der Waals surface area contributed by atoms with Crippen molar-refractivity contribution < 1.29 is 9.84 Å². The topological polar surface area (TPSA) is 29.5 Å². The minimum absolute atomic E-state index is 0.0519. The Morgan fingerprint density at radius 2 is 2.00 bits per heavy atom. The van der Waals surface area contributed by atoms with E-state index in [4.69, 9.17) is 4.74 Å². The molecule has 0 saturated heterocycles. The van der Waals surface area contributed by atoms with Gasteiger partial charge in [0.1, 0.15) is 5.75 Å². The molecule has 0 heterocycles. The molecule has 0 saturated carbocycles. The highest BCUT2D eigenvalue weighted by Crippen LogP contribution is 2.27. The highest BCUT2D eigenvalue weighted by atomic mass is 79.9. The molecule has 0 aromatic heterocycles. The number of rotatable bonds is 4. The number of aliphatic hydroxyl groups is 1. The predicted molar refractivity (Wildman–Crippen MR) is 74.5 cm³/mol. The van der Waals surface area contributed by atoms with Crippen molar-refractivity contribution in [3.63, 3.8) is 0 Å². The van der Waals surface area contributed by atoms with Gasteiger partial charge in [-0.3, -0.25) is 0 Å². The standard InChI is InChI=1S/C14H21BrO2/c1-14(2,3)13(16)8-6-10-5-7-12(17-4)11(15)9-10/h5,7,9,13,16H,6,8H2,1-4H3. The Hall–Kier alpha value is -0.540. The minimum atomic E-state index is -0.275. The van der Waals surface area contributed by atoms with Crippen molar-refractivity contribution in [2.75, 3.05) is 7.11 Å². The van der Waals surface area contributed by atoms with Crippen LogP contribution in [-0.4, -0.2) is 18.3 Å². The average molecular weight is 301 g/mol. The molecule has 3 heteroatoms. The molecule has 17 heavy (non-hydrogen) atoms. The van der Waals surface area contributed by atoms with Crippen molar-refractivity contribution in [3.05, 3.63) is 28.2 Å². The molecular weight excluding hydrogens is 280 g/mol. The number of methoxy groups -OCH3 is 1. The molecule has 1 N–H and O–H groups in total. The summed E-state index contributed by atoms with van der Waals surface area (Å²) in [5.41, 5.74) is 1.16. The number of benzene rings is 1. The largest absolute Gasteiger partial charge is 0.496 e. The highest BCUT2D eigenvalue weighted by molar-refractivity contribution is 9.10. The van der Waals surface area contributed by atoms with Gasteiger partial charge in [0.05, 0.1) is 17.7 Å². The van der Waals surface area contributed by atoms with Crippen LogP contribution in [0.5, 0.6) is 5.75 Å². The monoisotopic (exact) mass is 300 g/mol. The second-order valence-electron chi connectivity index (χ2n) is 5.39. The first-order valence-corrected chi connectivity index (χ1v) is 6.64. The van der Waals surface area contributed by atoms with Crippen LogP contribution in [-0.2, 0) is 6.42 Å². The maximum Gasteiger partial charge on any atom is 0.133 e. The summed E-state index contributed by atoms with van der Waals surface area (Å²) < 4.78 is 6.14. The second-order valence-corrected chi connectivity index (χ2v) is 6.24. The van der Waals surface area contributed by atoms with Crippen LogP contribution in [0.4, 0.5) is 0 Å². The summed E-state index contributed by atoms with van der Waals surface area (Å²) >= 11 is 3.47. The molecule has 0 amide bonds. The molecule has 0 aliphatic heterocycles. The summed E-state index contributed by atoms with van der Waals surface area (Å²) in [5, 5.41) is 9.98. The van der Waals surface area contributed by atoms with Crippen molar-refractivity contribution >= 4 is 15.9 Å². The number of halogens is 1. The predicted octanol–water partition coefficient (Wildman–Crippen LogP) is 3.80. The first-order chi connectivity index (χ1) is 7.84. The van der Waals surface area contributed by atoms with Gasteiger partial charge in [-0.05, 0) is 51.9 Å². The fraction of sp³-hybridized carbons (Fsp3) is 0.571. The van der Waals surface area contributed by atoms with E-state index in [9.17, 15) is 5.11 Å². The molecule has 96 valence electrons. The van der Waals surface area contributed by atoms with E-state index in [1.807, 2.05) is 18.2 Å². The number of hydrogen-bond donors (Lipinski definition) is 1. The molecule has 0 fully saturated rings. The molecule has 1 unspecified atom stereocenters. The van der Waals surface area contributed by atoms with Crippen LogP contribution in [0.15, 0.2) is 22.7 Å². The summed E-state index contributed by atoms with van der Waals surface area (Å²) in [7, 11) is 1.66. The van der Waals surface area contributed by atoms with Crippen molar-refractivity contribution in [1.82, 2.24) is 0 Å². The summed E-state index contributed by atoms with van der Waals surface area (Å²) in [6, 6.07) is 6.04. The van der Waals surface area contributed by atoms with E-state index in [0.29, 0.717) is 0 Å². The quantitative estimate of drug-likeness (QED) is 0.916. The molecule has 0 bridgehead atoms. The van der Waals surface area contributed by atoms with E-state index < -0.39 is 0 Å². The minimum Gasteiger partial charge on any atom is -0.496 e. The highest BCUT2D eigenvalue weighted by Gasteiger charge is 2.21. The SMILES string of the molecule is COc1ccc(CCC(O)C(C)(C)C)cc1Br. The van der Waals surface area contributed by atoms with Crippen molar-refractivity contribution in [3.8, 4) is 5.75 Å². The first kappa shape index (κ1) is 14.5. The fourth-order valence-corrected chi connectivity index (χ4v) is 2.19. The summed E-state index contributed by atoms with van der Waals surface area (Å²) in [4.78, 5) is 0. The van der Waals surface area contributed by atoms with Crippen LogP contribution in [0.2, 0.25) is 0 Å². The third-order valence-electron chi connectivity index (χ3n) is 2.92. The van der Waals surface area contributed by atoms with Gasteiger partial charge in [-0.1, -0.05) is 26.8 Å². The van der Waals surface area contributed by atoms with Gasteiger partial charge in [-0.25, -0.2) is 0 Å². The third-order valence-corrected chi connectivity index (χ3v) is 3.54. The molecular formula is C14H21BrO2. The van der Waals surface area contributed by atoms with E-state index in [2.05, 4.69) is 36.7 Å². The van der Waals surface area contributed by atoms with Crippen LogP contribution >= 0.6 is 15.9 Å².